The summed E-state index contributed by atoms with van der Waals surface area (Å²) in [6, 6.07) is 13.5. The molecule has 5 nitrogen and oxygen atoms in total. The van der Waals surface area contributed by atoms with Crippen LogP contribution in [0, 0.1) is 11.3 Å². The average Bonchev–Trinajstić information content (AvgIpc) is 3.14. The quantitative estimate of drug-likeness (QED) is 0.694. The first-order valence-corrected chi connectivity index (χ1v) is 10.5. The number of benzene rings is 2. The molecule has 2 aliphatic rings. The number of carbonyl (C=O) groups excluding carboxylic acids is 1. The molecule has 1 fully saturated rings. The van der Waals surface area contributed by atoms with E-state index < -0.39 is 0 Å². The zero-order valence-electron chi connectivity index (χ0n) is 17.6. The number of aromatic amines is 1. The molecular formula is C25H25N3O2. The van der Waals surface area contributed by atoms with Gasteiger partial charge in [-0.2, -0.15) is 5.26 Å². The van der Waals surface area contributed by atoms with E-state index in [2.05, 4.69) is 36.8 Å². The summed E-state index contributed by atoms with van der Waals surface area (Å²) in [5.74, 6) is 0.858. The van der Waals surface area contributed by atoms with Crippen molar-refractivity contribution in [1.82, 2.24) is 9.88 Å². The van der Waals surface area contributed by atoms with E-state index in [1.54, 1.807) is 6.07 Å². The van der Waals surface area contributed by atoms with Crippen molar-refractivity contribution >= 4 is 16.7 Å². The fraction of sp³-hybridized carbons (Fsp3) is 0.360. The number of carbonyl (C=O) groups is 1. The number of nitrogens with zero attached hydrogens (tertiary/aromatic N) is 2. The van der Waals surface area contributed by atoms with Crippen LogP contribution in [0.4, 0.5) is 0 Å². The molecule has 0 unspecified atom stereocenters. The number of ether oxygens (including phenoxy) is 1. The Kier molecular flexibility index (Phi) is 4.23. The van der Waals surface area contributed by atoms with Crippen molar-refractivity contribution in [3.63, 3.8) is 0 Å². The standard InChI is InChI=1S/C25H25N3O2/c1-25(2)20-13-17(30-16-8-10-28(3)11-9-16)5-7-18(20)23(29)22-19-6-4-15(14-26)12-21(19)27-24(22)25/h4-7,12-13,16,27H,8-11H2,1-3H3. The minimum absolute atomic E-state index is 0.0288. The Morgan fingerprint density at radius 1 is 1.17 bits per heavy atom. The van der Waals surface area contributed by atoms with Crippen molar-refractivity contribution < 1.29 is 9.53 Å². The zero-order chi connectivity index (χ0) is 21.0. The van der Waals surface area contributed by atoms with Gasteiger partial charge < -0.3 is 14.6 Å². The third-order valence-corrected chi connectivity index (χ3v) is 6.66. The number of nitriles is 1. The molecule has 0 amide bonds. The minimum Gasteiger partial charge on any atom is -0.490 e. The molecule has 0 spiro atoms. The van der Waals surface area contributed by atoms with Gasteiger partial charge in [0.15, 0.2) is 5.78 Å². The molecule has 2 heterocycles. The van der Waals surface area contributed by atoms with Crippen molar-refractivity contribution in [2.24, 2.45) is 0 Å². The third-order valence-electron chi connectivity index (χ3n) is 6.66. The average molecular weight is 399 g/mol. The minimum atomic E-state index is -0.378. The topological polar surface area (TPSA) is 69.1 Å². The molecule has 0 radical (unpaired) electrons. The van der Waals surface area contributed by atoms with Crippen molar-refractivity contribution in [1.29, 1.82) is 5.26 Å². The Hall–Kier alpha value is -3.10. The second kappa shape index (κ2) is 6.72. The maximum atomic E-state index is 13.4. The first kappa shape index (κ1) is 18.9. The number of likely N-dealkylation sites (tertiary alicyclic amines) is 1. The number of hydrogen-bond donors (Lipinski definition) is 1. The number of ketones is 1. The van der Waals surface area contributed by atoms with Gasteiger partial charge in [0.05, 0.1) is 17.2 Å². The fourth-order valence-corrected chi connectivity index (χ4v) is 4.85. The number of rotatable bonds is 2. The van der Waals surface area contributed by atoms with E-state index in [9.17, 15) is 10.1 Å². The molecule has 2 aromatic carbocycles. The smallest absolute Gasteiger partial charge is 0.195 e. The Bertz CT molecular complexity index is 1210. The van der Waals surface area contributed by atoms with Crippen LogP contribution >= 0.6 is 0 Å². The lowest BCUT2D eigenvalue weighted by Crippen LogP contribution is -2.36. The molecule has 5 rings (SSSR count). The maximum Gasteiger partial charge on any atom is 0.195 e. The molecule has 5 heteroatoms. The van der Waals surface area contributed by atoms with Gasteiger partial charge in [-0.15, -0.1) is 0 Å². The molecule has 1 N–H and O–H groups in total. The normalized spacial score (nSPS) is 18.7. The highest BCUT2D eigenvalue weighted by molar-refractivity contribution is 6.20. The van der Waals surface area contributed by atoms with Gasteiger partial charge in [0.1, 0.15) is 11.9 Å². The second-order valence-electron chi connectivity index (χ2n) is 9.03. The van der Waals surface area contributed by atoms with E-state index in [4.69, 9.17) is 4.74 Å². The van der Waals surface area contributed by atoms with Gasteiger partial charge in [-0.25, -0.2) is 0 Å². The van der Waals surface area contributed by atoms with Crippen molar-refractivity contribution in [3.8, 4) is 11.8 Å². The molecular weight excluding hydrogens is 374 g/mol. The van der Waals surface area contributed by atoms with Gasteiger partial charge in [-0.3, -0.25) is 4.79 Å². The van der Waals surface area contributed by atoms with Gasteiger partial charge in [0.25, 0.3) is 0 Å². The van der Waals surface area contributed by atoms with Gasteiger partial charge in [0, 0.05) is 40.7 Å². The second-order valence-corrected chi connectivity index (χ2v) is 9.03. The SMILES string of the molecule is CN1CCC(Oc2ccc3c(c2)C(C)(C)c2[nH]c4cc(C#N)ccc4c2C3=O)CC1. The van der Waals surface area contributed by atoms with Crippen molar-refractivity contribution in [3.05, 3.63) is 64.3 Å². The molecule has 0 atom stereocenters. The lowest BCUT2D eigenvalue weighted by Gasteiger charge is -2.33. The third kappa shape index (κ3) is 2.83. The van der Waals surface area contributed by atoms with E-state index in [0.717, 1.165) is 65.0 Å². The van der Waals surface area contributed by atoms with Crippen LogP contribution in [0.2, 0.25) is 0 Å². The molecule has 1 saturated heterocycles. The summed E-state index contributed by atoms with van der Waals surface area (Å²) in [6.07, 6.45) is 2.25. The molecule has 3 aromatic rings. The van der Waals surface area contributed by atoms with E-state index in [1.807, 2.05) is 30.3 Å². The number of aromatic nitrogens is 1. The number of hydrogen-bond acceptors (Lipinski definition) is 4. The van der Waals surface area contributed by atoms with Crippen molar-refractivity contribution in [2.75, 3.05) is 20.1 Å². The van der Waals surface area contributed by atoms with Crippen LogP contribution in [0.15, 0.2) is 36.4 Å². The lowest BCUT2D eigenvalue weighted by molar-refractivity contribution is 0.103. The Morgan fingerprint density at radius 2 is 1.93 bits per heavy atom. The van der Waals surface area contributed by atoms with E-state index >= 15 is 0 Å². The Labute approximate surface area is 176 Å². The number of fused-ring (bicyclic) bond motifs is 4. The van der Waals surface area contributed by atoms with E-state index in [1.165, 1.54) is 0 Å². The summed E-state index contributed by atoms with van der Waals surface area (Å²) in [5, 5.41) is 10.1. The molecule has 0 bridgehead atoms. The van der Waals surface area contributed by atoms with E-state index in [0.29, 0.717) is 5.56 Å². The van der Waals surface area contributed by atoms with Gasteiger partial charge in [-0.05, 0) is 55.8 Å². The summed E-state index contributed by atoms with van der Waals surface area (Å²) in [6.45, 7) is 6.36. The monoisotopic (exact) mass is 399 g/mol. The predicted octanol–water partition coefficient (Wildman–Crippen LogP) is 4.38. The summed E-state index contributed by atoms with van der Waals surface area (Å²) >= 11 is 0. The van der Waals surface area contributed by atoms with Gasteiger partial charge >= 0.3 is 0 Å². The van der Waals surface area contributed by atoms with Crippen LogP contribution in [0.25, 0.3) is 10.9 Å². The van der Waals surface area contributed by atoms with Crippen LogP contribution in [0.5, 0.6) is 5.75 Å². The highest BCUT2D eigenvalue weighted by Crippen LogP contribution is 2.44. The lowest BCUT2D eigenvalue weighted by atomic mass is 9.71. The molecule has 1 aromatic heterocycles. The van der Waals surface area contributed by atoms with Crippen LogP contribution in [0.3, 0.4) is 0 Å². The molecule has 1 aliphatic carbocycles. The number of piperidine rings is 1. The first-order valence-electron chi connectivity index (χ1n) is 10.5. The van der Waals surface area contributed by atoms with Crippen LogP contribution in [-0.4, -0.2) is 41.9 Å². The van der Waals surface area contributed by atoms with E-state index in [-0.39, 0.29) is 17.3 Å². The maximum absolute atomic E-state index is 13.4. The highest BCUT2D eigenvalue weighted by Gasteiger charge is 2.40. The van der Waals surface area contributed by atoms with Crippen molar-refractivity contribution in [2.45, 2.75) is 38.2 Å². The number of nitrogens with one attached hydrogen (secondary N) is 1. The molecule has 0 saturated carbocycles. The predicted molar refractivity (Wildman–Crippen MR) is 116 cm³/mol. The molecule has 152 valence electrons. The van der Waals surface area contributed by atoms with Crippen LogP contribution in [-0.2, 0) is 5.41 Å². The fourth-order valence-electron chi connectivity index (χ4n) is 4.85. The Balaban J connectivity index is 1.56. The largest absolute Gasteiger partial charge is 0.490 e. The van der Waals surface area contributed by atoms with Crippen LogP contribution in [0.1, 0.15) is 59.4 Å². The molecule has 1 aliphatic heterocycles. The summed E-state index contributed by atoms with van der Waals surface area (Å²) in [5.41, 5.74) is 4.37. The summed E-state index contributed by atoms with van der Waals surface area (Å²) in [4.78, 5) is 19.2. The summed E-state index contributed by atoms with van der Waals surface area (Å²) < 4.78 is 6.29. The van der Waals surface area contributed by atoms with Gasteiger partial charge in [-0.1, -0.05) is 19.9 Å². The highest BCUT2D eigenvalue weighted by atomic mass is 16.5. The summed E-state index contributed by atoms with van der Waals surface area (Å²) in [7, 11) is 2.14. The Morgan fingerprint density at radius 3 is 2.67 bits per heavy atom. The zero-order valence-corrected chi connectivity index (χ0v) is 17.6. The number of H-pyrrole nitrogens is 1. The van der Waals surface area contributed by atoms with Gasteiger partial charge in [0.2, 0.25) is 0 Å². The first-order chi connectivity index (χ1) is 14.4. The molecule has 30 heavy (non-hydrogen) atoms. The van der Waals surface area contributed by atoms with Crippen LogP contribution < -0.4 is 4.74 Å².